The summed E-state index contributed by atoms with van der Waals surface area (Å²) >= 11 is 0. The molecule has 0 radical (unpaired) electrons. The largest absolute Gasteiger partial charge is 0.477 e. The van der Waals surface area contributed by atoms with Crippen LogP contribution in [0.2, 0.25) is 0 Å². The summed E-state index contributed by atoms with van der Waals surface area (Å²) in [6, 6.07) is 1.19. The molecule has 100 valence electrons. The van der Waals surface area contributed by atoms with E-state index in [9.17, 15) is 13.2 Å². The highest BCUT2D eigenvalue weighted by Gasteiger charge is 2.39. The summed E-state index contributed by atoms with van der Waals surface area (Å²) in [6.07, 6.45) is 1.33. The van der Waals surface area contributed by atoms with E-state index >= 15 is 0 Å². The summed E-state index contributed by atoms with van der Waals surface area (Å²) in [5.41, 5.74) is -0.401. The molecule has 18 heavy (non-hydrogen) atoms. The predicted octanol–water partition coefficient (Wildman–Crippen LogP) is 0.534. The van der Waals surface area contributed by atoms with Crippen molar-refractivity contribution in [2.45, 2.75) is 11.8 Å². The zero-order valence-corrected chi connectivity index (χ0v) is 11.0. The fourth-order valence-corrected chi connectivity index (χ4v) is 3.85. The molecule has 0 saturated carbocycles. The van der Waals surface area contributed by atoms with Crippen molar-refractivity contribution >= 4 is 15.8 Å². The Morgan fingerprint density at radius 3 is 2.56 bits per heavy atom. The van der Waals surface area contributed by atoms with Gasteiger partial charge in [0.15, 0.2) is 9.84 Å². The van der Waals surface area contributed by atoms with E-state index in [2.05, 4.69) is 0 Å². The molecule has 1 aromatic rings. The molecule has 2 rings (SSSR count). The average Bonchev–Trinajstić information content (AvgIpc) is 2.58. The average molecular weight is 273 g/mol. The summed E-state index contributed by atoms with van der Waals surface area (Å²) in [6.45, 7) is 2.69. The van der Waals surface area contributed by atoms with Crippen molar-refractivity contribution in [3.8, 4) is 0 Å². The van der Waals surface area contributed by atoms with Crippen LogP contribution in [-0.2, 0) is 21.6 Å². The van der Waals surface area contributed by atoms with E-state index in [0.717, 1.165) is 0 Å². The van der Waals surface area contributed by atoms with Crippen molar-refractivity contribution in [1.82, 2.24) is 4.57 Å². The van der Waals surface area contributed by atoms with Gasteiger partial charge in [-0.1, -0.05) is 6.92 Å². The van der Waals surface area contributed by atoms with Crippen LogP contribution in [0.3, 0.4) is 0 Å². The molecule has 6 nitrogen and oxygen atoms in total. The molecule has 1 fully saturated rings. The molecule has 0 spiro atoms. The third-order valence-electron chi connectivity index (χ3n) is 3.00. The third kappa shape index (κ3) is 2.28. The summed E-state index contributed by atoms with van der Waals surface area (Å²) in [4.78, 5) is 10.9. The van der Waals surface area contributed by atoms with Gasteiger partial charge in [-0.05, 0) is 6.07 Å². The van der Waals surface area contributed by atoms with Crippen LogP contribution in [0.1, 0.15) is 17.4 Å². The zero-order chi connectivity index (χ0) is 13.6. The highest BCUT2D eigenvalue weighted by Crippen LogP contribution is 2.31. The SMILES string of the molecule is Cn1cc(S(=O)(=O)CC2(C)COC2)cc1C(=O)O. The van der Waals surface area contributed by atoms with Crippen LogP contribution >= 0.6 is 0 Å². The van der Waals surface area contributed by atoms with Crippen LogP contribution in [0, 0.1) is 5.41 Å². The molecular weight excluding hydrogens is 258 g/mol. The Hall–Kier alpha value is -1.34. The molecule has 0 unspecified atom stereocenters. The summed E-state index contributed by atoms with van der Waals surface area (Å²) in [5.74, 6) is -1.17. The van der Waals surface area contributed by atoms with Crippen molar-refractivity contribution in [2.24, 2.45) is 12.5 Å². The number of carboxylic acids is 1. The minimum absolute atomic E-state index is 0.0247. The Balaban J connectivity index is 2.30. The van der Waals surface area contributed by atoms with Gasteiger partial charge in [0.05, 0.1) is 23.9 Å². The van der Waals surface area contributed by atoms with E-state index in [0.29, 0.717) is 13.2 Å². The first-order valence-electron chi connectivity index (χ1n) is 5.44. The minimum Gasteiger partial charge on any atom is -0.477 e. The molecule has 0 aliphatic carbocycles. The van der Waals surface area contributed by atoms with Gasteiger partial charge in [0.1, 0.15) is 5.69 Å². The van der Waals surface area contributed by atoms with Gasteiger partial charge in [0, 0.05) is 18.7 Å². The second-order valence-electron chi connectivity index (χ2n) is 5.04. The normalized spacial score (nSPS) is 18.3. The number of rotatable bonds is 4. The summed E-state index contributed by atoms with van der Waals surface area (Å²) < 4.78 is 30.7. The molecule has 7 heteroatoms. The van der Waals surface area contributed by atoms with Gasteiger partial charge in [-0.3, -0.25) is 0 Å². The zero-order valence-electron chi connectivity index (χ0n) is 10.2. The van der Waals surface area contributed by atoms with Crippen LogP contribution in [0.25, 0.3) is 0 Å². The quantitative estimate of drug-likeness (QED) is 0.865. The van der Waals surface area contributed by atoms with Crippen LogP contribution in [-0.4, -0.2) is 43.0 Å². The van der Waals surface area contributed by atoms with E-state index in [1.807, 2.05) is 6.92 Å². The van der Waals surface area contributed by atoms with Crippen molar-refractivity contribution in [3.63, 3.8) is 0 Å². The lowest BCUT2D eigenvalue weighted by Crippen LogP contribution is -2.45. The lowest BCUT2D eigenvalue weighted by molar-refractivity contribution is -0.0870. The Morgan fingerprint density at radius 1 is 1.56 bits per heavy atom. The number of carbonyl (C=O) groups is 1. The van der Waals surface area contributed by atoms with Gasteiger partial charge in [-0.25, -0.2) is 13.2 Å². The summed E-state index contributed by atoms with van der Waals surface area (Å²) in [5, 5.41) is 8.90. The van der Waals surface area contributed by atoms with E-state index < -0.39 is 15.8 Å². The number of hydrogen-bond acceptors (Lipinski definition) is 4. The molecule has 1 aliphatic rings. The highest BCUT2D eigenvalue weighted by atomic mass is 32.2. The van der Waals surface area contributed by atoms with Gasteiger partial charge < -0.3 is 14.4 Å². The van der Waals surface area contributed by atoms with Crippen LogP contribution in [0.5, 0.6) is 0 Å². The van der Waals surface area contributed by atoms with Gasteiger partial charge in [0.2, 0.25) is 0 Å². The topological polar surface area (TPSA) is 85.6 Å². The molecule has 1 N–H and O–H groups in total. The molecule has 0 bridgehead atoms. The minimum atomic E-state index is -3.48. The third-order valence-corrected chi connectivity index (χ3v) is 5.02. The highest BCUT2D eigenvalue weighted by molar-refractivity contribution is 7.91. The molecular formula is C11H15NO5S. The molecule has 1 aliphatic heterocycles. The first-order chi connectivity index (χ1) is 8.23. The lowest BCUT2D eigenvalue weighted by Gasteiger charge is -2.37. The lowest BCUT2D eigenvalue weighted by atomic mass is 9.92. The number of aryl methyl sites for hydroxylation is 1. The number of sulfone groups is 1. The number of hydrogen-bond donors (Lipinski definition) is 1. The molecule has 2 heterocycles. The van der Waals surface area contributed by atoms with E-state index in [4.69, 9.17) is 9.84 Å². The molecule has 1 saturated heterocycles. The Labute approximate surface area is 105 Å². The summed E-state index contributed by atoms with van der Waals surface area (Å²) in [7, 11) is -1.97. The van der Waals surface area contributed by atoms with Crippen molar-refractivity contribution in [1.29, 1.82) is 0 Å². The molecule has 0 amide bonds. The number of nitrogens with zero attached hydrogens (tertiary/aromatic N) is 1. The first-order valence-corrected chi connectivity index (χ1v) is 7.09. The molecule has 0 aromatic carbocycles. The maximum absolute atomic E-state index is 12.2. The number of ether oxygens (including phenoxy) is 1. The Morgan fingerprint density at radius 2 is 2.17 bits per heavy atom. The van der Waals surface area contributed by atoms with Crippen LogP contribution < -0.4 is 0 Å². The first kappa shape index (κ1) is 13.1. The maximum Gasteiger partial charge on any atom is 0.352 e. The Kier molecular flexibility index (Phi) is 2.98. The van der Waals surface area contributed by atoms with Gasteiger partial charge in [-0.2, -0.15) is 0 Å². The van der Waals surface area contributed by atoms with Gasteiger partial charge in [0.25, 0.3) is 0 Å². The molecule has 1 aromatic heterocycles. The van der Waals surface area contributed by atoms with Crippen molar-refractivity contribution < 1.29 is 23.1 Å². The van der Waals surface area contributed by atoms with Gasteiger partial charge in [-0.15, -0.1) is 0 Å². The standard InChI is InChI=1S/C11H15NO5S/c1-11(5-17-6-11)7-18(15,16)8-3-9(10(13)14)12(2)4-8/h3-4H,5-7H2,1-2H3,(H,13,14). The number of aromatic carboxylic acids is 1. The smallest absolute Gasteiger partial charge is 0.352 e. The van der Waals surface area contributed by atoms with Crippen LogP contribution in [0.4, 0.5) is 0 Å². The van der Waals surface area contributed by atoms with Gasteiger partial charge >= 0.3 is 5.97 Å². The van der Waals surface area contributed by atoms with E-state index in [1.165, 1.54) is 23.9 Å². The van der Waals surface area contributed by atoms with Crippen molar-refractivity contribution in [3.05, 3.63) is 18.0 Å². The fraction of sp³-hybridized carbons (Fsp3) is 0.545. The Bertz CT molecular complexity index is 583. The number of carboxylic acid groups (broad SMARTS) is 1. The second-order valence-corrected chi connectivity index (χ2v) is 7.03. The maximum atomic E-state index is 12.2. The second kappa shape index (κ2) is 4.10. The monoisotopic (exact) mass is 273 g/mol. The van der Waals surface area contributed by atoms with Crippen molar-refractivity contribution in [2.75, 3.05) is 19.0 Å². The fourth-order valence-electron chi connectivity index (χ4n) is 1.99. The molecule has 0 atom stereocenters. The predicted molar refractivity (Wildman–Crippen MR) is 63.4 cm³/mol. The van der Waals surface area contributed by atoms with Crippen LogP contribution in [0.15, 0.2) is 17.2 Å². The van der Waals surface area contributed by atoms with E-state index in [1.54, 1.807) is 0 Å². The van der Waals surface area contributed by atoms with E-state index in [-0.39, 0.29) is 21.8 Å². The number of aromatic nitrogens is 1.